The quantitative estimate of drug-likeness (QED) is 0.248. The number of Topliss-reactive ketones (excluding diaryl/α,β-unsaturated/α-hetero) is 1. The smallest absolute Gasteiger partial charge is 0.410 e. The molecule has 2 saturated heterocycles. The van der Waals surface area contributed by atoms with Crippen LogP contribution in [0.4, 0.5) is 4.79 Å². The monoisotopic (exact) mass is 541 g/mol. The fourth-order valence-electron chi connectivity index (χ4n) is 7.40. The first kappa shape index (κ1) is 25.8. The minimum atomic E-state index is -0.219. The van der Waals surface area contributed by atoms with Crippen molar-refractivity contribution in [1.82, 2.24) is 4.90 Å². The molecule has 3 aliphatic rings. The molecule has 1 amide bonds. The van der Waals surface area contributed by atoms with E-state index in [0.717, 1.165) is 43.2 Å². The van der Waals surface area contributed by atoms with Crippen molar-refractivity contribution in [3.63, 3.8) is 0 Å². The molecule has 2 aliphatic heterocycles. The average Bonchev–Trinajstić information content (AvgIpc) is 3.33. The Bertz CT molecular complexity index is 1500. The van der Waals surface area contributed by atoms with Crippen molar-refractivity contribution in [3.05, 3.63) is 120 Å². The van der Waals surface area contributed by atoms with Crippen LogP contribution < -0.4 is 0 Å². The van der Waals surface area contributed by atoms with Gasteiger partial charge in [0.1, 0.15) is 12.4 Å². The van der Waals surface area contributed by atoms with Crippen LogP contribution in [0.1, 0.15) is 54.7 Å². The molecule has 2 bridgehead atoms. The van der Waals surface area contributed by atoms with Crippen LogP contribution in [0.25, 0.3) is 22.3 Å². The molecule has 1 aliphatic carbocycles. The van der Waals surface area contributed by atoms with E-state index in [4.69, 9.17) is 4.74 Å². The number of rotatable bonds is 6. The van der Waals surface area contributed by atoms with Crippen molar-refractivity contribution in [3.8, 4) is 22.3 Å². The Morgan fingerprint density at radius 2 is 1.24 bits per heavy atom. The lowest BCUT2D eigenvalue weighted by Gasteiger charge is -2.47. The lowest BCUT2D eigenvalue weighted by molar-refractivity contribution is -0.126. The van der Waals surface area contributed by atoms with Gasteiger partial charge in [0.05, 0.1) is 0 Å². The number of amides is 1. The first-order valence-corrected chi connectivity index (χ1v) is 15.0. The van der Waals surface area contributed by atoms with Crippen LogP contribution in [0, 0.1) is 5.92 Å². The van der Waals surface area contributed by atoms with E-state index in [1.807, 2.05) is 23.1 Å². The van der Waals surface area contributed by atoms with Crippen molar-refractivity contribution in [2.24, 2.45) is 5.92 Å². The number of piperidine rings is 2. The van der Waals surface area contributed by atoms with E-state index in [-0.39, 0.29) is 30.0 Å². The Kier molecular flexibility index (Phi) is 6.92. The zero-order valence-electron chi connectivity index (χ0n) is 23.2. The Labute approximate surface area is 242 Å². The molecule has 2 heterocycles. The number of hydrogen-bond donors (Lipinski definition) is 0. The number of carbonyl (C=O) groups excluding carboxylic acids is 2. The van der Waals surface area contributed by atoms with Crippen LogP contribution in [0.15, 0.2) is 103 Å². The highest BCUT2D eigenvalue weighted by atomic mass is 16.6. The van der Waals surface area contributed by atoms with Gasteiger partial charge in [0.15, 0.2) is 0 Å². The van der Waals surface area contributed by atoms with Gasteiger partial charge in [-0.15, -0.1) is 0 Å². The molecule has 0 N–H and O–H groups in total. The van der Waals surface area contributed by atoms with Gasteiger partial charge in [-0.2, -0.15) is 0 Å². The second-order valence-electron chi connectivity index (χ2n) is 11.8. The topological polar surface area (TPSA) is 46.6 Å². The molecular formula is C37H35NO3. The van der Waals surface area contributed by atoms with Crippen LogP contribution in [0.3, 0.4) is 0 Å². The molecule has 7 rings (SSSR count). The molecule has 2 fully saturated rings. The molecule has 41 heavy (non-hydrogen) atoms. The van der Waals surface area contributed by atoms with Crippen LogP contribution in [0.5, 0.6) is 0 Å². The summed E-state index contributed by atoms with van der Waals surface area (Å²) < 4.78 is 6.06. The standard InChI is InChI=1S/C37H35NO3/c39-36(21-25-17-19-27(20-18-25)26-9-2-1-3-10-26)28-22-29-11-8-12-30(23-28)38(29)37(40)41-24-35-33-15-6-4-13-31(33)32-14-5-7-16-34(32)35/h1-7,9-10,13-20,28-30,35H,8,11-12,21-24H2. The Morgan fingerprint density at radius 1 is 0.683 bits per heavy atom. The van der Waals surface area contributed by atoms with Gasteiger partial charge in [-0.3, -0.25) is 4.79 Å². The van der Waals surface area contributed by atoms with Gasteiger partial charge in [-0.1, -0.05) is 103 Å². The summed E-state index contributed by atoms with van der Waals surface area (Å²) in [6.07, 6.45) is 4.69. The number of nitrogens with zero attached hydrogens (tertiary/aromatic N) is 1. The summed E-state index contributed by atoms with van der Waals surface area (Å²) in [6, 6.07) is 35.7. The maximum Gasteiger partial charge on any atom is 0.410 e. The van der Waals surface area contributed by atoms with Gasteiger partial charge in [0.2, 0.25) is 0 Å². The maximum atomic E-state index is 13.5. The molecular weight excluding hydrogens is 506 g/mol. The SMILES string of the molecule is O=C(Cc1ccc(-c2ccccc2)cc1)C1CC2CCCC(C1)N2C(=O)OCC1c2ccccc2-c2ccccc21. The Morgan fingerprint density at radius 3 is 1.88 bits per heavy atom. The Hall–Kier alpha value is -4.18. The lowest BCUT2D eigenvalue weighted by atomic mass is 9.76. The molecule has 206 valence electrons. The minimum absolute atomic E-state index is 0.00302. The summed E-state index contributed by atoms with van der Waals surface area (Å²) >= 11 is 0. The molecule has 4 aromatic carbocycles. The van der Waals surface area contributed by atoms with E-state index in [0.29, 0.717) is 18.8 Å². The minimum Gasteiger partial charge on any atom is -0.448 e. The molecule has 2 unspecified atom stereocenters. The van der Waals surface area contributed by atoms with E-state index >= 15 is 0 Å². The summed E-state index contributed by atoms with van der Waals surface area (Å²) in [5.74, 6) is 0.344. The molecule has 0 radical (unpaired) electrons. The normalized spacial score (nSPS) is 21.2. The summed E-state index contributed by atoms with van der Waals surface area (Å²) in [6.45, 7) is 0.337. The van der Waals surface area contributed by atoms with Gasteiger partial charge in [0.25, 0.3) is 0 Å². The van der Waals surface area contributed by atoms with Crippen molar-refractivity contribution in [2.45, 2.75) is 56.5 Å². The third kappa shape index (κ3) is 4.97. The van der Waals surface area contributed by atoms with Crippen molar-refractivity contribution >= 4 is 11.9 Å². The predicted octanol–water partition coefficient (Wildman–Crippen LogP) is 8.05. The van der Waals surface area contributed by atoms with E-state index in [2.05, 4.69) is 84.9 Å². The third-order valence-corrected chi connectivity index (χ3v) is 9.42. The van der Waals surface area contributed by atoms with Crippen molar-refractivity contribution < 1.29 is 14.3 Å². The average molecular weight is 542 g/mol. The molecule has 4 nitrogen and oxygen atoms in total. The number of benzene rings is 4. The largest absolute Gasteiger partial charge is 0.448 e. The molecule has 0 aromatic heterocycles. The highest BCUT2D eigenvalue weighted by Crippen LogP contribution is 2.45. The van der Waals surface area contributed by atoms with Crippen molar-refractivity contribution in [1.29, 1.82) is 0 Å². The van der Waals surface area contributed by atoms with E-state index in [9.17, 15) is 9.59 Å². The fraction of sp³-hybridized carbons (Fsp3) is 0.297. The highest BCUT2D eigenvalue weighted by molar-refractivity contribution is 5.84. The predicted molar refractivity (Wildman–Crippen MR) is 162 cm³/mol. The Balaban J connectivity index is 0.996. The fourth-order valence-corrected chi connectivity index (χ4v) is 7.40. The van der Waals surface area contributed by atoms with E-state index in [1.54, 1.807) is 0 Å². The summed E-state index contributed by atoms with van der Waals surface area (Å²) in [5.41, 5.74) is 8.31. The zero-order valence-corrected chi connectivity index (χ0v) is 23.2. The van der Waals surface area contributed by atoms with E-state index < -0.39 is 0 Å². The number of fused-ring (bicyclic) bond motifs is 5. The van der Waals surface area contributed by atoms with Gasteiger partial charge < -0.3 is 9.64 Å². The van der Waals surface area contributed by atoms with Gasteiger partial charge in [0, 0.05) is 30.3 Å². The number of carbonyl (C=O) groups is 2. The lowest BCUT2D eigenvalue weighted by Crippen LogP contribution is -2.56. The van der Waals surface area contributed by atoms with Crippen LogP contribution in [-0.2, 0) is 16.0 Å². The summed E-state index contributed by atoms with van der Waals surface area (Å²) in [5, 5.41) is 0. The summed E-state index contributed by atoms with van der Waals surface area (Å²) in [4.78, 5) is 28.9. The maximum absolute atomic E-state index is 13.5. The molecule has 4 heteroatoms. The van der Waals surface area contributed by atoms with Crippen LogP contribution >= 0.6 is 0 Å². The molecule has 4 aromatic rings. The van der Waals surface area contributed by atoms with Crippen LogP contribution in [-0.4, -0.2) is 35.5 Å². The number of ether oxygens (including phenoxy) is 1. The molecule has 2 atom stereocenters. The molecule has 0 saturated carbocycles. The zero-order chi connectivity index (χ0) is 27.8. The molecule has 0 spiro atoms. The second-order valence-corrected chi connectivity index (χ2v) is 11.8. The first-order chi connectivity index (χ1) is 20.2. The van der Waals surface area contributed by atoms with Gasteiger partial charge in [-0.05, 0) is 71.0 Å². The second kappa shape index (κ2) is 11.0. The number of hydrogen-bond acceptors (Lipinski definition) is 3. The highest BCUT2D eigenvalue weighted by Gasteiger charge is 2.43. The van der Waals surface area contributed by atoms with Crippen molar-refractivity contribution in [2.75, 3.05) is 6.61 Å². The van der Waals surface area contributed by atoms with E-state index in [1.165, 1.54) is 27.8 Å². The summed E-state index contributed by atoms with van der Waals surface area (Å²) in [7, 11) is 0. The number of ketones is 1. The van der Waals surface area contributed by atoms with Gasteiger partial charge >= 0.3 is 6.09 Å². The third-order valence-electron chi connectivity index (χ3n) is 9.42. The van der Waals surface area contributed by atoms with Crippen LogP contribution in [0.2, 0.25) is 0 Å². The first-order valence-electron chi connectivity index (χ1n) is 15.0. The van der Waals surface area contributed by atoms with Gasteiger partial charge in [-0.25, -0.2) is 4.79 Å².